The van der Waals surface area contributed by atoms with E-state index in [1.807, 2.05) is 25.1 Å². The lowest BCUT2D eigenvalue weighted by molar-refractivity contribution is -0.141. The number of carboxylic acids is 1. The zero-order valence-corrected chi connectivity index (χ0v) is 11.3. The van der Waals surface area contributed by atoms with Crippen LogP contribution in [0.25, 0.3) is 10.2 Å². The fourth-order valence-corrected chi connectivity index (χ4v) is 2.82. The number of methoxy groups -OCH3 is 1. The highest BCUT2D eigenvalue weighted by atomic mass is 32.1. The maximum Gasteiger partial charge on any atom is 0.306 e. The van der Waals surface area contributed by atoms with Gasteiger partial charge in [0.1, 0.15) is 5.75 Å². The number of hydrogen-bond donors (Lipinski definition) is 1. The van der Waals surface area contributed by atoms with E-state index in [9.17, 15) is 4.79 Å². The van der Waals surface area contributed by atoms with E-state index in [2.05, 4.69) is 4.98 Å². The molecule has 2 atom stereocenters. The van der Waals surface area contributed by atoms with Crippen molar-refractivity contribution in [2.75, 3.05) is 7.11 Å². The Morgan fingerprint density at radius 3 is 2.78 bits per heavy atom. The second-order valence-corrected chi connectivity index (χ2v) is 5.36. The zero-order valence-electron chi connectivity index (χ0n) is 10.5. The minimum absolute atomic E-state index is 0.0918. The molecule has 2 rings (SSSR count). The van der Waals surface area contributed by atoms with E-state index in [-0.39, 0.29) is 5.92 Å². The lowest BCUT2D eigenvalue weighted by Crippen LogP contribution is -2.16. The van der Waals surface area contributed by atoms with Gasteiger partial charge in [-0.1, -0.05) is 13.8 Å². The highest BCUT2D eigenvalue weighted by molar-refractivity contribution is 7.18. The molecule has 0 aliphatic carbocycles. The van der Waals surface area contributed by atoms with Crippen molar-refractivity contribution in [3.63, 3.8) is 0 Å². The van der Waals surface area contributed by atoms with Gasteiger partial charge in [-0.05, 0) is 18.2 Å². The first kappa shape index (κ1) is 12.8. The molecule has 96 valence electrons. The molecule has 5 heteroatoms. The first-order valence-corrected chi connectivity index (χ1v) is 6.52. The minimum Gasteiger partial charge on any atom is -0.497 e. The Labute approximate surface area is 109 Å². The molecule has 1 heterocycles. The largest absolute Gasteiger partial charge is 0.497 e. The summed E-state index contributed by atoms with van der Waals surface area (Å²) in [7, 11) is 1.62. The van der Waals surface area contributed by atoms with Gasteiger partial charge >= 0.3 is 5.97 Å². The van der Waals surface area contributed by atoms with Crippen molar-refractivity contribution in [3.05, 3.63) is 23.2 Å². The van der Waals surface area contributed by atoms with Crippen LogP contribution >= 0.6 is 11.3 Å². The summed E-state index contributed by atoms with van der Waals surface area (Å²) in [5, 5.41) is 9.88. The van der Waals surface area contributed by atoms with Crippen LogP contribution in [0.1, 0.15) is 24.8 Å². The van der Waals surface area contributed by atoms with Gasteiger partial charge in [0.2, 0.25) is 0 Å². The smallest absolute Gasteiger partial charge is 0.306 e. The van der Waals surface area contributed by atoms with Gasteiger partial charge in [0.25, 0.3) is 0 Å². The highest BCUT2D eigenvalue weighted by Gasteiger charge is 2.23. The number of aromatic nitrogens is 1. The molecule has 2 unspecified atom stereocenters. The average Bonchev–Trinajstić information content (AvgIpc) is 2.79. The van der Waals surface area contributed by atoms with Crippen LogP contribution in [0.5, 0.6) is 5.75 Å². The maximum atomic E-state index is 11.0. The van der Waals surface area contributed by atoms with Crippen LogP contribution in [0.2, 0.25) is 0 Å². The first-order valence-electron chi connectivity index (χ1n) is 5.70. The van der Waals surface area contributed by atoms with E-state index < -0.39 is 11.9 Å². The molecule has 0 bridgehead atoms. The quantitative estimate of drug-likeness (QED) is 0.922. The molecule has 1 aromatic heterocycles. The number of rotatable bonds is 4. The van der Waals surface area contributed by atoms with Gasteiger partial charge in [-0.3, -0.25) is 4.79 Å². The van der Waals surface area contributed by atoms with E-state index in [0.717, 1.165) is 21.0 Å². The second-order valence-electron chi connectivity index (χ2n) is 4.30. The highest BCUT2D eigenvalue weighted by Crippen LogP contribution is 2.33. The van der Waals surface area contributed by atoms with Crippen molar-refractivity contribution in [2.24, 2.45) is 5.92 Å². The number of carbonyl (C=O) groups is 1. The summed E-state index contributed by atoms with van der Waals surface area (Å²) in [5.41, 5.74) is 0.889. The lowest BCUT2D eigenvalue weighted by atomic mass is 9.97. The van der Waals surface area contributed by atoms with Crippen LogP contribution in [0.3, 0.4) is 0 Å². The first-order chi connectivity index (χ1) is 8.52. The van der Waals surface area contributed by atoms with Crippen molar-refractivity contribution in [2.45, 2.75) is 19.8 Å². The third kappa shape index (κ3) is 2.31. The molecule has 0 radical (unpaired) electrons. The molecular weight excluding hydrogens is 250 g/mol. The van der Waals surface area contributed by atoms with Crippen LogP contribution in [-0.4, -0.2) is 23.2 Å². The number of ether oxygens (including phenoxy) is 1. The van der Waals surface area contributed by atoms with E-state index in [1.54, 1.807) is 14.0 Å². The molecular formula is C13H15NO3S. The SMILES string of the molecule is COc1ccc2nc(C(C)C(C)C(=O)O)sc2c1. The van der Waals surface area contributed by atoms with E-state index in [0.29, 0.717) is 0 Å². The minimum atomic E-state index is -0.792. The summed E-state index contributed by atoms with van der Waals surface area (Å²) in [5.74, 6) is -0.533. The summed E-state index contributed by atoms with van der Waals surface area (Å²) in [6.45, 7) is 3.60. The van der Waals surface area contributed by atoms with Crippen LogP contribution < -0.4 is 4.74 Å². The fraction of sp³-hybridized carbons (Fsp3) is 0.385. The molecule has 18 heavy (non-hydrogen) atoms. The lowest BCUT2D eigenvalue weighted by Gasteiger charge is -2.12. The molecule has 0 spiro atoms. The van der Waals surface area contributed by atoms with Crippen LogP contribution in [-0.2, 0) is 4.79 Å². The number of hydrogen-bond acceptors (Lipinski definition) is 4. The Kier molecular flexibility index (Phi) is 3.52. The molecule has 0 saturated heterocycles. The summed E-state index contributed by atoms with van der Waals surface area (Å²) >= 11 is 1.53. The Bertz CT molecular complexity index is 579. The summed E-state index contributed by atoms with van der Waals surface area (Å²) in [6, 6.07) is 5.68. The van der Waals surface area contributed by atoms with Gasteiger partial charge < -0.3 is 9.84 Å². The molecule has 0 aliphatic rings. The van der Waals surface area contributed by atoms with Gasteiger partial charge in [-0.2, -0.15) is 0 Å². The van der Waals surface area contributed by atoms with Crippen molar-refractivity contribution >= 4 is 27.5 Å². The number of fused-ring (bicyclic) bond motifs is 1. The van der Waals surface area contributed by atoms with E-state index in [1.165, 1.54) is 11.3 Å². The van der Waals surface area contributed by atoms with Crippen LogP contribution in [0.4, 0.5) is 0 Å². The predicted octanol–water partition coefficient (Wildman–Crippen LogP) is 3.13. The van der Waals surface area contributed by atoms with Gasteiger partial charge in [-0.25, -0.2) is 4.98 Å². The molecule has 0 aliphatic heterocycles. The third-order valence-corrected chi connectivity index (χ3v) is 4.36. The normalized spacial score (nSPS) is 14.4. The topological polar surface area (TPSA) is 59.4 Å². The fourth-order valence-electron chi connectivity index (χ4n) is 1.67. The third-order valence-electron chi connectivity index (χ3n) is 3.14. The van der Waals surface area contributed by atoms with Gasteiger partial charge in [0.05, 0.1) is 28.3 Å². The van der Waals surface area contributed by atoms with Crippen molar-refractivity contribution in [1.82, 2.24) is 4.98 Å². The molecule has 0 amide bonds. The van der Waals surface area contributed by atoms with E-state index >= 15 is 0 Å². The molecule has 2 aromatic rings. The number of thiazole rings is 1. The van der Waals surface area contributed by atoms with Gasteiger partial charge in [-0.15, -0.1) is 11.3 Å². The maximum absolute atomic E-state index is 11.0. The number of nitrogens with zero attached hydrogens (tertiary/aromatic N) is 1. The summed E-state index contributed by atoms with van der Waals surface area (Å²) in [6.07, 6.45) is 0. The Balaban J connectivity index is 2.37. The second kappa shape index (κ2) is 4.94. The van der Waals surface area contributed by atoms with Gasteiger partial charge in [0, 0.05) is 5.92 Å². The Hall–Kier alpha value is -1.62. The molecule has 1 N–H and O–H groups in total. The van der Waals surface area contributed by atoms with Crippen molar-refractivity contribution in [3.8, 4) is 5.75 Å². The number of benzene rings is 1. The molecule has 1 aromatic carbocycles. The molecule has 4 nitrogen and oxygen atoms in total. The average molecular weight is 265 g/mol. The Morgan fingerprint density at radius 1 is 1.44 bits per heavy atom. The summed E-state index contributed by atoms with van der Waals surface area (Å²) < 4.78 is 6.18. The number of aliphatic carboxylic acids is 1. The van der Waals surface area contributed by atoms with Crippen molar-refractivity contribution in [1.29, 1.82) is 0 Å². The monoisotopic (exact) mass is 265 g/mol. The van der Waals surface area contributed by atoms with E-state index in [4.69, 9.17) is 9.84 Å². The Morgan fingerprint density at radius 2 is 2.17 bits per heavy atom. The molecule has 0 saturated carbocycles. The van der Waals surface area contributed by atoms with Crippen molar-refractivity contribution < 1.29 is 14.6 Å². The van der Waals surface area contributed by atoms with Crippen LogP contribution in [0, 0.1) is 5.92 Å². The van der Waals surface area contributed by atoms with Gasteiger partial charge in [0.15, 0.2) is 0 Å². The zero-order chi connectivity index (χ0) is 13.3. The molecule has 0 fully saturated rings. The standard InChI is InChI=1S/C13H15NO3S/c1-7(8(2)13(15)16)12-14-10-5-4-9(17-3)6-11(10)18-12/h4-8H,1-3H3,(H,15,16). The predicted molar refractivity (Wildman–Crippen MR) is 71.4 cm³/mol. The van der Waals surface area contributed by atoms with Crippen LogP contribution in [0.15, 0.2) is 18.2 Å². The number of carboxylic acid groups (broad SMARTS) is 1. The summed E-state index contributed by atoms with van der Waals surface area (Å²) in [4.78, 5) is 15.5.